The number of carbonyl (C=O) groups is 1. The summed E-state index contributed by atoms with van der Waals surface area (Å²) >= 11 is 1.66. The zero-order chi connectivity index (χ0) is 17.6. The van der Waals surface area contributed by atoms with Crippen LogP contribution in [0.25, 0.3) is 0 Å². The van der Waals surface area contributed by atoms with Gasteiger partial charge in [-0.2, -0.15) is 0 Å². The number of amides is 1. The first kappa shape index (κ1) is 17.8. The van der Waals surface area contributed by atoms with Gasteiger partial charge in [0.1, 0.15) is 0 Å². The smallest absolute Gasteiger partial charge is 0.254 e. The van der Waals surface area contributed by atoms with E-state index >= 15 is 0 Å². The molecule has 3 rings (SSSR count). The molecule has 0 N–H and O–H groups in total. The normalized spacial score (nSPS) is 16.6. The summed E-state index contributed by atoms with van der Waals surface area (Å²) < 4.78 is 16.3. The van der Waals surface area contributed by atoms with Crippen molar-refractivity contribution in [1.82, 2.24) is 4.90 Å². The van der Waals surface area contributed by atoms with Gasteiger partial charge in [0.25, 0.3) is 5.91 Å². The Bertz CT molecular complexity index is 695. The Morgan fingerprint density at radius 2 is 2.12 bits per heavy atom. The van der Waals surface area contributed by atoms with Gasteiger partial charge in [0, 0.05) is 23.6 Å². The molecule has 0 aliphatic carbocycles. The Labute approximate surface area is 152 Å². The van der Waals surface area contributed by atoms with E-state index in [1.54, 1.807) is 43.8 Å². The second-order valence-corrected chi connectivity index (χ2v) is 7.00. The molecular formula is C19H23NO4S. The second kappa shape index (κ2) is 8.36. The fourth-order valence-corrected chi connectivity index (χ4v) is 3.72. The van der Waals surface area contributed by atoms with Crippen molar-refractivity contribution >= 4 is 17.2 Å². The highest BCUT2D eigenvalue weighted by Gasteiger charge is 2.24. The number of hydrogen-bond donors (Lipinski definition) is 0. The second-order valence-electron chi connectivity index (χ2n) is 5.97. The van der Waals surface area contributed by atoms with Gasteiger partial charge in [-0.3, -0.25) is 4.79 Å². The number of methoxy groups -OCH3 is 2. The predicted octanol–water partition coefficient (Wildman–Crippen LogP) is 3.59. The molecule has 6 heteroatoms. The largest absolute Gasteiger partial charge is 0.493 e. The van der Waals surface area contributed by atoms with Crippen LogP contribution in [0.15, 0.2) is 35.7 Å². The van der Waals surface area contributed by atoms with Gasteiger partial charge in [-0.25, -0.2) is 0 Å². The van der Waals surface area contributed by atoms with Gasteiger partial charge in [0.15, 0.2) is 11.5 Å². The topological polar surface area (TPSA) is 48.0 Å². The highest BCUT2D eigenvalue weighted by Crippen LogP contribution is 2.28. The van der Waals surface area contributed by atoms with Gasteiger partial charge in [-0.05, 0) is 42.5 Å². The lowest BCUT2D eigenvalue weighted by Crippen LogP contribution is -2.36. The lowest BCUT2D eigenvalue weighted by atomic mass is 10.1. The lowest BCUT2D eigenvalue weighted by Gasteiger charge is -2.25. The molecule has 1 aliphatic heterocycles. The molecule has 0 spiro atoms. The summed E-state index contributed by atoms with van der Waals surface area (Å²) in [6, 6.07) is 9.33. The molecule has 0 bridgehead atoms. The molecule has 2 heterocycles. The van der Waals surface area contributed by atoms with Gasteiger partial charge in [-0.1, -0.05) is 6.07 Å². The molecule has 5 nitrogen and oxygen atoms in total. The fourth-order valence-electron chi connectivity index (χ4n) is 3.00. The van der Waals surface area contributed by atoms with Crippen LogP contribution in [-0.2, 0) is 11.3 Å². The average molecular weight is 361 g/mol. The summed E-state index contributed by atoms with van der Waals surface area (Å²) in [7, 11) is 3.15. The lowest BCUT2D eigenvalue weighted by molar-refractivity contribution is 0.0509. The van der Waals surface area contributed by atoms with Crippen molar-refractivity contribution in [2.45, 2.75) is 25.5 Å². The standard InChI is InChI=1S/C19H23NO4S/c1-22-17-8-7-14(11-18(17)23-2)19(21)20(12-15-5-3-9-24-15)13-16-6-4-10-25-16/h4,6-8,10-11,15H,3,5,9,12-13H2,1-2H3. The molecule has 1 amide bonds. The Balaban J connectivity index is 1.81. The first-order chi connectivity index (χ1) is 12.2. The van der Waals surface area contributed by atoms with Crippen LogP contribution >= 0.6 is 11.3 Å². The molecule has 1 atom stereocenters. The van der Waals surface area contributed by atoms with Gasteiger partial charge in [0.05, 0.1) is 26.9 Å². The van der Waals surface area contributed by atoms with Crippen LogP contribution in [0.2, 0.25) is 0 Å². The van der Waals surface area contributed by atoms with E-state index in [1.807, 2.05) is 16.3 Å². The van der Waals surface area contributed by atoms with E-state index in [0.29, 0.717) is 30.2 Å². The maximum atomic E-state index is 13.1. The summed E-state index contributed by atoms with van der Waals surface area (Å²) in [4.78, 5) is 16.1. The summed E-state index contributed by atoms with van der Waals surface area (Å²) in [5, 5.41) is 2.03. The average Bonchev–Trinajstić information content (AvgIpc) is 3.34. The van der Waals surface area contributed by atoms with E-state index in [4.69, 9.17) is 14.2 Å². The zero-order valence-electron chi connectivity index (χ0n) is 14.6. The predicted molar refractivity (Wildman–Crippen MR) is 97.6 cm³/mol. The molecule has 1 unspecified atom stereocenters. The van der Waals surface area contributed by atoms with E-state index in [9.17, 15) is 4.79 Å². The maximum absolute atomic E-state index is 13.1. The number of hydrogen-bond acceptors (Lipinski definition) is 5. The third-order valence-electron chi connectivity index (χ3n) is 4.29. The van der Waals surface area contributed by atoms with Crippen molar-refractivity contribution in [1.29, 1.82) is 0 Å². The molecular weight excluding hydrogens is 338 g/mol. The van der Waals surface area contributed by atoms with Crippen LogP contribution in [-0.4, -0.2) is 44.3 Å². The molecule has 134 valence electrons. The number of carbonyl (C=O) groups excluding carboxylic acids is 1. The number of ether oxygens (including phenoxy) is 3. The number of nitrogens with zero attached hydrogens (tertiary/aromatic N) is 1. The van der Waals surface area contributed by atoms with Crippen LogP contribution in [0.5, 0.6) is 11.5 Å². The quantitative estimate of drug-likeness (QED) is 0.756. The van der Waals surface area contributed by atoms with Crippen LogP contribution in [0, 0.1) is 0 Å². The van der Waals surface area contributed by atoms with Crippen LogP contribution < -0.4 is 9.47 Å². The highest BCUT2D eigenvalue weighted by atomic mass is 32.1. The van der Waals surface area contributed by atoms with Gasteiger partial charge in [-0.15, -0.1) is 11.3 Å². The van der Waals surface area contributed by atoms with E-state index < -0.39 is 0 Å². The Kier molecular flexibility index (Phi) is 5.94. The first-order valence-corrected chi connectivity index (χ1v) is 9.24. The fraction of sp³-hybridized carbons (Fsp3) is 0.421. The molecule has 0 radical (unpaired) electrons. The Morgan fingerprint density at radius 1 is 1.28 bits per heavy atom. The summed E-state index contributed by atoms with van der Waals surface area (Å²) in [6.07, 6.45) is 2.17. The van der Waals surface area contributed by atoms with Crippen molar-refractivity contribution < 1.29 is 19.0 Å². The molecule has 0 saturated carbocycles. The van der Waals surface area contributed by atoms with Crippen molar-refractivity contribution in [3.63, 3.8) is 0 Å². The molecule has 1 aromatic carbocycles. The van der Waals surface area contributed by atoms with Crippen LogP contribution in [0.3, 0.4) is 0 Å². The van der Waals surface area contributed by atoms with Crippen molar-refractivity contribution in [2.75, 3.05) is 27.4 Å². The number of benzene rings is 1. The summed E-state index contributed by atoms with van der Waals surface area (Å²) in [5.41, 5.74) is 0.590. The third-order valence-corrected chi connectivity index (χ3v) is 5.15. The van der Waals surface area contributed by atoms with E-state index in [2.05, 4.69) is 6.07 Å². The minimum absolute atomic E-state index is 0.0233. The molecule has 25 heavy (non-hydrogen) atoms. The van der Waals surface area contributed by atoms with Gasteiger partial charge < -0.3 is 19.1 Å². The molecule has 1 saturated heterocycles. The Morgan fingerprint density at radius 3 is 2.76 bits per heavy atom. The van der Waals surface area contributed by atoms with Crippen LogP contribution in [0.1, 0.15) is 28.1 Å². The van der Waals surface area contributed by atoms with E-state index in [-0.39, 0.29) is 12.0 Å². The maximum Gasteiger partial charge on any atom is 0.254 e. The SMILES string of the molecule is COc1ccc(C(=O)N(Cc2cccs2)CC2CCCO2)cc1OC. The molecule has 1 aromatic heterocycles. The van der Waals surface area contributed by atoms with Crippen molar-refractivity contribution in [3.05, 3.63) is 46.2 Å². The van der Waals surface area contributed by atoms with Crippen LogP contribution in [0.4, 0.5) is 0 Å². The molecule has 2 aromatic rings. The number of thiophene rings is 1. The summed E-state index contributed by atoms with van der Waals surface area (Å²) in [5.74, 6) is 1.15. The molecule has 1 fully saturated rings. The van der Waals surface area contributed by atoms with E-state index in [1.165, 1.54) is 0 Å². The molecule has 1 aliphatic rings. The minimum Gasteiger partial charge on any atom is -0.493 e. The van der Waals surface area contributed by atoms with E-state index in [0.717, 1.165) is 24.3 Å². The van der Waals surface area contributed by atoms with Crippen molar-refractivity contribution in [3.8, 4) is 11.5 Å². The summed E-state index contributed by atoms with van der Waals surface area (Å²) in [6.45, 7) is 1.97. The zero-order valence-corrected chi connectivity index (χ0v) is 15.4. The van der Waals surface area contributed by atoms with Gasteiger partial charge >= 0.3 is 0 Å². The minimum atomic E-state index is -0.0233. The highest BCUT2D eigenvalue weighted by molar-refractivity contribution is 7.09. The Hall–Kier alpha value is -2.05. The monoisotopic (exact) mass is 361 g/mol. The number of rotatable bonds is 7. The van der Waals surface area contributed by atoms with Crippen molar-refractivity contribution in [2.24, 2.45) is 0 Å². The van der Waals surface area contributed by atoms with Gasteiger partial charge in [0.2, 0.25) is 0 Å². The third kappa shape index (κ3) is 4.32. The first-order valence-electron chi connectivity index (χ1n) is 8.36.